The second-order valence-electron chi connectivity index (χ2n) is 5.54. The molecule has 0 aromatic carbocycles. The number of pyridine rings is 1. The molecule has 1 aromatic heterocycles. The smallest absolute Gasteiger partial charge is 0.228 e. The monoisotopic (exact) mass is 340 g/mol. The zero-order chi connectivity index (χ0) is 17.4. The zero-order valence-electron chi connectivity index (χ0n) is 13.6. The summed E-state index contributed by atoms with van der Waals surface area (Å²) >= 11 is 0. The summed E-state index contributed by atoms with van der Waals surface area (Å²) in [5.41, 5.74) is 4.88. The summed E-state index contributed by atoms with van der Waals surface area (Å²) in [6.45, 7) is 2.88. The molecule has 4 N–H and O–H groups in total. The van der Waals surface area contributed by atoms with Crippen LogP contribution in [0.5, 0.6) is 0 Å². The Bertz CT molecular complexity index is 539. The molecule has 1 unspecified atom stereocenters. The Morgan fingerprint density at radius 1 is 1.33 bits per heavy atom. The first-order valence-electron chi connectivity index (χ1n) is 7.81. The van der Waals surface area contributed by atoms with Gasteiger partial charge in [-0.2, -0.15) is 0 Å². The first-order valence-corrected chi connectivity index (χ1v) is 7.81. The number of hydroxylamine groups is 1. The molecule has 1 aliphatic heterocycles. The second kappa shape index (κ2) is 9.67. The minimum Gasteiger partial charge on any atom is -0.464 e. The Morgan fingerprint density at radius 3 is 2.92 bits per heavy atom. The van der Waals surface area contributed by atoms with Gasteiger partial charge in [-0.3, -0.25) is 9.82 Å². The molecule has 3 atom stereocenters. The van der Waals surface area contributed by atoms with E-state index < -0.39 is 18.5 Å². The van der Waals surface area contributed by atoms with Crippen LogP contribution in [0.25, 0.3) is 0 Å². The van der Waals surface area contributed by atoms with Gasteiger partial charge in [0.2, 0.25) is 6.29 Å². The lowest BCUT2D eigenvalue weighted by molar-refractivity contribution is -0.206. The lowest BCUT2D eigenvalue weighted by Crippen LogP contribution is -2.43. The number of nitrogens with one attached hydrogen (secondary N) is 1. The number of nitrogens with zero attached hydrogens (tertiary/aromatic N) is 1. The van der Waals surface area contributed by atoms with E-state index in [0.717, 1.165) is 11.1 Å². The van der Waals surface area contributed by atoms with Gasteiger partial charge in [0.25, 0.3) is 0 Å². The first kappa shape index (κ1) is 18.8. The van der Waals surface area contributed by atoms with Crippen LogP contribution in [0.15, 0.2) is 30.3 Å². The maximum Gasteiger partial charge on any atom is 0.228 e. The molecule has 1 aromatic rings. The molecule has 0 fully saturated rings. The number of aromatic nitrogens is 1. The van der Waals surface area contributed by atoms with Crippen LogP contribution in [0.1, 0.15) is 17.5 Å². The fourth-order valence-electron chi connectivity index (χ4n) is 2.18. The number of aliphatic hydroxyl groups excluding tert-OH is 3. The highest BCUT2D eigenvalue weighted by Gasteiger charge is 2.32. The SMILES string of the molecule is Cc1cncc(CONCCCO[C@H]2OC(CO)=C[C@@H](O)C2O)c1. The van der Waals surface area contributed by atoms with Gasteiger partial charge in [0.1, 0.15) is 24.6 Å². The highest BCUT2D eigenvalue weighted by Crippen LogP contribution is 2.18. The summed E-state index contributed by atoms with van der Waals surface area (Å²) in [7, 11) is 0. The molecule has 0 bridgehead atoms. The molecule has 0 spiro atoms. The van der Waals surface area contributed by atoms with Crippen LogP contribution >= 0.6 is 0 Å². The topological polar surface area (TPSA) is 113 Å². The average Bonchev–Trinajstić information content (AvgIpc) is 2.57. The molecule has 2 heterocycles. The van der Waals surface area contributed by atoms with Crippen molar-refractivity contribution in [2.75, 3.05) is 19.8 Å². The maximum atomic E-state index is 9.77. The number of aliphatic hydroxyl groups is 3. The van der Waals surface area contributed by atoms with Gasteiger partial charge < -0.3 is 24.8 Å². The molecule has 134 valence electrons. The molecule has 0 radical (unpaired) electrons. The summed E-state index contributed by atoms with van der Waals surface area (Å²) in [6.07, 6.45) is 2.12. The fraction of sp³-hybridized carbons (Fsp3) is 0.562. The molecule has 0 aliphatic carbocycles. The van der Waals surface area contributed by atoms with Crippen LogP contribution in [0, 0.1) is 6.92 Å². The minimum absolute atomic E-state index is 0.186. The van der Waals surface area contributed by atoms with E-state index in [1.807, 2.05) is 13.0 Å². The van der Waals surface area contributed by atoms with Gasteiger partial charge in [-0.15, -0.1) is 0 Å². The molecular formula is C16H24N2O6. The summed E-state index contributed by atoms with van der Waals surface area (Å²) in [5.74, 6) is 0.186. The third-order valence-corrected chi connectivity index (χ3v) is 3.39. The largest absolute Gasteiger partial charge is 0.464 e. The fourth-order valence-corrected chi connectivity index (χ4v) is 2.18. The summed E-state index contributed by atoms with van der Waals surface area (Å²) in [5, 5.41) is 28.4. The minimum atomic E-state index is -1.18. The van der Waals surface area contributed by atoms with Crippen molar-refractivity contribution < 1.29 is 29.6 Å². The molecule has 24 heavy (non-hydrogen) atoms. The zero-order valence-corrected chi connectivity index (χ0v) is 13.6. The predicted octanol–water partition coefficient (Wildman–Crippen LogP) is -0.228. The van der Waals surface area contributed by atoms with Crippen molar-refractivity contribution >= 4 is 0 Å². The molecule has 1 aliphatic rings. The molecule has 0 amide bonds. The van der Waals surface area contributed by atoms with Gasteiger partial charge in [0.15, 0.2) is 0 Å². The maximum absolute atomic E-state index is 9.77. The van der Waals surface area contributed by atoms with E-state index >= 15 is 0 Å². The summed E-state index contributed by atoms with van der Waals surface area (Å²) in [6, 6.07) is 2.00. The molecule has 8 heteroatoms. The van der Waals surface area contributed by atoms with Gasteiger partial charge in [0, 0.05) is 18.9 Å². The van der Waals surface area contributed by atoms with E-state index in [1.54, 1.807) is 12.4 Å². The molecule has 0 saturated heterocycles. The summed E-state index contributed by atoms with van der Waals surface area (Å²) < 4.78 is 10.6. The van der Waals surface area contributed by atoms with Crippen molar-refractivity contribution in [2.24, 2.45) is 0 Å². The molecular weight excluding hydrogens is 316 g/mol. The van der Waals surface area contributed by atoms with E-state index in [4.69, 9.17) is 19.4 Å². The lowest BCUT2D eigenvalue weighted by Gasteiger charge is -2.31. The van der Waals surface area contributed by atoms with Gasteiger partial charge in [-0.1, -0.05) is 6.07 Å². The van der Waals surface area contributed by atoms with E-state index in [0.29, 0.717) is 26.2 Å². The number of ether oxygens (including phenoxy) is 2. The van der Waals surface area contributed by atoms with Crippen molar-refractivity contribution in [3.05, 3.63) is 41.4 Å². The van der Waals surface area contributed by atoms with Gasteiger partial charge in [0.05, 0.1) is 13.2 Å². The second-order valence-corrected chi connectivity index (χ2v) is 5.54. The Kier molecular flexibility index (Phi) is 7.57. The van der Waals surface area contributed by atoms with Crippen molar-refractivity contribution in [1.82, 2.24) is 10.5 Å². The predicted molar refractivity (Wildman–Crippen MR) is 84.4 cm³/mol. The molecule has 2 rings (SSSR count). The normalized spacial score (nSPS) is 23.7. The van der Waals surface area contributed by atoms with Gasteiger partial charge in [-0.25, -0.2) is 5.48 Å². The van der Waals surface area contributed by atoms with Crippen LogP contribution in [0.4, 0.5) is 0 Å². The quantitative estimate of drug-likeness (QED) is 0.360. The highest BCUT2D eigenvalue weighted by atomic mass is 16.7. The van der Waals surface area contributed by atoms with E-state index in [9.17, 15) is 10.2 Å². The third kappa shape index (κ3) is 5.82. The standard InChI is InChI=1S/C16H24N2O6/c1-11-5-12(8-17-7-11)10-23-18-3-2-4-22-16-15(21)14(20)6-13(9-19)24-16/h5-8,14-16,18-21H,2-4,9-10H2,1H3/t14-,15?,16+/m1/s1. The van der Waals surface area contributed by atoms with Crippen molar-refractivity contribution in [3.63, 3.8) is 0 Å². The number of aryl methyl sites for hydroxylation is 1. The van der Waals surface area contributed by atoms with Crippen LogP contribution < -0.4 is 5.48 Å². The Labute approximate surface area is 140 Å². The molecule has 0 saturated carbocycles. The van der Waals surface area contributed by atoms with Crippen LogP contribution in [0.2, 0.25) is 0 Å². The number of hydrogen-bond donors (Lipinski definition) is 4. The number of hydrogen-bond acceptors (Lipinski definition) is 8. The Morgan fingerprint density at radius 2 is 2.17 bits per heavy atom. The van der Waals surface area contributed by atoms with Crippen molar-refractivity contribution in [3.8, 4) is 0 Å². The van der Waals surface area contributed by atoms with E-state index in [1.165, 1.54) is 6.08 Å². The lowest BCUT2D eigenvalue weighted by atomic mass is 10.1. The summed E-state index contributed by atoms with van der Waals surface area (Å²) in [4.78, 5) is 9.41. The van der Waals surface area contributed by atoms with Crippen LogP contribution in [-0.4, -0.2) is 58.6 Å². The Balaban J connectivity index is 1.57. The van der Waals surface area contributed by atoms with Crippen LogP contribution in [0.3, 0.4) is 0 Å². The van der Waals surface area contributed by atoms with Gasteiger partial charge >= 0.3 is 0 Å². The van der Waals surface area contributed by atoms with Crippen molar-refractivity contribution in [2.45, 2.75) is 38.4 Å². The Hall–Kier alpha value is -1.55. The highest BCUT2D eigenvalue weighted by molar-refractivity contribution is 5.15. The molecule has 8 nitrogen and oxygen atoms in total. The van der Waals surface area contributed by atoms with Crippen molar-refractivity contribution in [1.29, 1.82) is 0 Å². The first-order chi connectivity index (χ1) is 11.6. The van der Waals surface area contributed by atoms with Crippen LogP contribution in [-0.2, 0) is 20.9 Å². The van der Waals surface area contributed by atoms with E-state index in [-0.39, 0.29) is 12.4 Å². The number of rotatable bonds is 9. The van der Waals surface area contributed by atoms with E-state index in [2.05, 4.69) is 10.5 Å². The van der Waals surface area contributed by atoms with Gasteiger partial charge in [-0.05, 0) is 30.5 Å². The third-order valence-electron chi connectivity index (χ3n) is 3.39. The average molecular weight is 340 g/mol.